The Morgan fingerprint density at radius 2 is 0.782 bits per heavy atom. The van der Waals surface area contributed by atoms with E-state index in [0.717, 1.165) is 82.8 Å². The molecule has 0 fully saturated rings. The van der Waals surface area contributed by atoms with Gasteiger partial charge in [-0.3, -0.25) is 0 Å². The molecule has 55 heavy (non-hydrogen) atoms. The summed E-state index contributed by atoms with van der Waals surface area (Å²) in [5, 5.41) is 27.6. The van der Waals surface area contributed by atoms with Gasteiger partial charge in [-0.2, -0.15) is 10.5 Å². The predicted molar refractivity (Wildman–Crippen MR) is 224 cm³/mol. The van der Waals surface area contributed by atoms with Gasteiger partial charge in [-0.15, -0.1) is 0 Å². The van der Waals surface area contributed by atoms with E-state index in [4.69, 9.17) is 0 Å². The monoisotopic (exact) mass is 699 g/mol. The van der Waals surface area contributed by atoms with Gasteiger partial charge in [0.15, 0.2) is 0 Å². The average molecular weight is 700 g/mol. The third-order valence-corrected chi connectivity index (χ3v) is 11.1. The molecule has 5 nitrogen and oxygen atoms in total. The summed E-state index contributed by atoms with van der Waals surface area (Å²) in [6.07, 6.45) is 0. The lowest BCUT2D eigenvalue weighted by Crippen LogP contribution is -2.01. The molecule has 3 aromatic heterocycles. The molecule has 0 amide bonds. The van der Waals surface area contributed by atoms with E-state index >= 15 is 0 Å². The van der Waals surface area contributed by atoms with Crippen molar-refractivity contribution in [3.8, 4) is 40.3 Å². The normalized spacial score (nSPS) is 11.6. The van der Waals surface area contributed by atoms with Crippen molar-refractivity contribution in [1.29, 1.82) is 10.5 Å². The SMILES string of the molecule is N#Cc1cc(-n2c3ccccc3c3ccccc32)c2c(c1)c1ccccc1n2-c1ccc(-c2ccc(-n3c4ccccc4c4ccccc43)c(C#N)c2)cc1. The minimum Gasteiger partial charge on any atom is -0.308 e. The van der Waals surface area contributed by atoms with Crippen LogP contribution in [0.1, 0.15) is 11.1 Å². The summed E-state index contributed by atoms with van der Waals surface area (Å²) in [5.74, 6) is 0. The van der Waals surface area contributed by atoms with Crippen LogP contribution in [0.4, 0.5) is 0 Å². The Hall–Kier alpha value is -7.86. The molecule has 0 bridgehead atoms. The van der Waals surface area contributed by atoms with Crippen molar-refractivity contribution >= 4 is 65.4 Å². The van der Waals surface area contributed by atoms with Gasteiger partial charge >= 0.3 is 0 Å². The van der Waals surface area contributed by atoms with E-state index in [0.29, 0.717) is 11.1 Å². The molecule has 0 spiro atoms. The number of benzene rings is 8. The lowest BCUT2D eigenvalue weighted by atomic mass is 10.0. The van der Waals surface area contributed by atoms with Gasteiger partial charge in [0, 0.05) is 38.0 Å². The van der Waals surface area contributed by atoms with Crippen LogP contribution in [0.25, 0.3) is 93.6 Å². The molecule has 11 aromatic rings. The minimum atomic E-state index is 0.611. The van der Waals surface area contributed by atoms with E-state index in [9.17, 15) is 10.5 Å². The summed E-state index contributed by atoms with van der Waals surface area (Å²) < 4.78 is 6.82. The maximum Gasteiger partial charge on any atom is 0.101 e. The topological polar surface area (TPSA) is 62.4 Å². The Bertz CT molecular complexity index is 3350. The second-order valence-corrected chi connectivity index (χ2v) is 14.0. The van der Waals surface area contributed by atoms with Gasteiger partial charge in [0.2, 0.25) is 0 Å². The Balaban J connectivity index is 1.10. The van der Waals surface area contributed by atoms with Gasteiger partial charge in [-0.1, -0.05) is 109 Å². The van der Waals surface area contributed by atoms with Gasteiger partial charge in [-0.25, -0.2) is 0 Å². The van der Waals surface area contributed by atoms with Crippen LogP contribution in [0.5, 0.6) is 0 Å². The lowest BCUT2D eigenvalue weighted by molar-refractivity contribution is 1.13. The molecule has 0 aliphatic carbocycles. The highest BCUT2D eigenvalue weighted by molar-refractivity contribution is 6.15. The predicted octanol–water partition coefficient (Wildman–Crippen LogP) is 12.4. The summed E-state index contributed by atoms with van der Waals surface area (Å²) in [6.45, 7) is 0. The van der Waals surface area contributed by atoms with Crippen molar-refractivity contribution in [2.75, 3.05) is 0 Å². The molecule has 8 aromatic carbocycles. The van der Waals surface area contributed by atoms with E-state index in [-0.39, 0.29) is 0 Å². The quantitative estimate of drug-likeness (QED) is 0.184. The number of fused-ring (bicyclic) bond motifs is 9. The molecule has 0 atom stereocenters. The fraction of sp³-hybridized carbons (Fsp3) is 0. The molecule has 3 heterocycles. The molecular weight excluding hydrogens is 671 g/mol. The van der Waals surface area contributed by atoms with Crippen LogP contribution < -0.4 is 0 Å². The number of hydrogen-bond acceptors (Lipinski definition) is 2. The summed E-state index contributed by atoms with van der Waals surface area (Å²) in [5.41, 5.74) is 12.4. The number of aromatic nitrogens is 3. The maximum atomic E-state index is 10.5. The maximum absolute atomic E-state index is 10.5. The number of nitriles is 2. The van der Waals surface area contributed by atoms with E-state index in [1.807, 2.05) is 30.3 Å². The molecule has 0 unspecified atom stereocenters. The first-order valence-electron chi connectivity index (χ1n) is 18.3. The summed E-state index contributed by atoms with van der Waals surface area (Å²) in [4.78, 5) is 0. The summed E-state index contributed by atoms with van der Waals surface area (Å²) >= 11 is 0. The molecule has 254 valence electrons. The van der Waals surface area contributed by atoms with Crippen molar-refractivity contribution in [2.24, 2.45) is 0 Å². The number of para-hydroxylation sites is 5. The zero-order chi connectivity index (χ0) is 36.6. The third-order valence-electron chi connectivity index (χ3n) is 11.1. The summed E-state index contributed by atoms with van der Waals surface area (Å²) in [6, 6.07) is 65.8. The van der Waals surface area contributed by atoms with Crippen molar-refractivity contribution in [1.82, 2.24) is 13.7 Å². The van der Waals surface area contributed by atoms with Crippen LogP contribution in [-0.2, 0) is 0 Å². The number of nitrogens with zero attached hydrogens (tertiary/aromatic N) is 5. The average Bonchev–Trinajstić information content (AvgIpc) is 3.89. The van der Waals surface area contributed by atoms with E-state index < -0.39 is 0 Å². The Morgan fingerprint density at radius 1 is 0.345 bits per heavy atom. The molecule has 0 aliphatic heterocycles. The molecule has 5 heteroatoms. The lowest BCUT2D eigenvalue weighted by Gasteiger charge is -2.15. The highest BCUT2D eigenvalue weighted by Crippen LogP contribution is 2.41. The fourth-order valence-corrected chi connectivity index (χ4v) is 8.75. The van der Waals surface area contributed by atoms with Crippen LogP contribution in [0.2, 0.25) is 0 Å². The Labute approximate surface area is 316 Å². The van der Waals surface area contributed by atoms with Crippen LogP contribution >= 0.6 is 0 Å². The number of hydrogen-bond donors (Lipinski definition) is 0. The molecular formula is C50H29N5. The Morgan fingerprint density at radius 3 is 1.27 bits per heavy atom. The first kappa shape index (κ1) is 30.7. The Kier molecular flexibility index (Phi) is 6.61. The van der Waals surface area contributed by atoms with Gasteiger partial charge in [0.1, 0.15) is 6.07 Å². The van der Waals surface area contributed by atoms with Crippen LogP contribution in [-0.4, -0.2) is 13.7 Å². The van der Waals surface area contributed by atoms with Crippen LogP contribution in [0, 0.1) is 22.7 Å². The zero-order valence-electron chi connectivity index (χ0n) is 29.5. The van der Waals surface area contributed by atoms with E-state index in [1.165, 1.54) is 10.8 Å². The van der Waals surface area contributed by atoms with E-state index in [1.54, 1.807) is 0 Å². The van der Waals surface area contributed by atoms with Crippen molar-refractivity contribution in [3.05, 3.63) is 187 Å². The smallest absolute Gasteiger partial charge is 0.101 e. The first-order chi connectivity index (χ1) is 27.2. The number of rotatable bonds is 4. The molecule has 11 rings (SSSR count). The van der Waals surface area contributed by atoms with Crippen molar-refractivity contribution in [3.63, 3.8) is 0 Å². The molecule has 0 N–H and O–H groups in total. The van der Waals surface area contributed by atoms with Crippen molar-refractivity contribution < 1.29 is 0 Å². The fourth-order valence-electron chi connectivity index (χ4n) is 8.75. The second-order valence-electron chi connectivity index (χ2n) is 14.0. The summed E-state index contributed by atoms with van der Waals surface area (Å²) in [7, 11) is 0. The van der Waals surface area contributed by atoms with Gasteiger partial charge in [0.25, 0.3) is 0 Å². The zero-order valence-corrected chi connectivity index (χ0v) is 29.5. The van der Waals surface area contributed by atoms with Gasteiger partial charge in [-0.05, 0) is 77.9 Å². The molecule has 0 saturated carbocycles. The first-order valence-corrected chi connectivity index (χ1v) is 18.3. The van der Waals surface area contributed by atoms with E-state index in [2.05, 4.69) is 171 Å². The molecule has 0 radical (unpaired) electrons. The molecule has 0 saturated heterocycles. The molecule has 0 aliphatic rings. The largest absolute Gasteiger partial charge is 0.308 e. The highest BCUT2D eigenvalue weighted by atomic mass is 15.1. The van der Waals surface area contributed by atoms with Crippen LogP contribution in [0.3, 0.4) is 0 Å². The van der Waals surface area contributed by atoms with Crippen LogP contribution in [0.15, 0.2) is 176 Å². The van der Waals surface area contributed by atoms with Gasteiger partial charge in [0.05, 0.1) is 61.7 Å². The highest BCUT2D eigenvalue weighted by Gasteiger charge is 2.21. The third kappa shape index (κ3) is 4.45. The minimum absolute atomic E-state index is 0.611. The van der Waals surface area contributed by atoms with Crippen molar-refractivity contribution in [2.45, 2.75) is 0 Å². The standard InChI is InChI=1S/C50H29N5/c51-30-32-27-42-41-15-5-6-16-44(41)53(50(42)49(28-32)55-47-19-9-3-13-39(47)40-14-4-10-20-48(40)55)36-24-21-33(22-25-36)34-23-26-43(35(29-34)31-52)54-45-17-7-1-11-37(45)38-12-2-8-18-46(38)54/h1-29H. The van der Waals surface area contributed by atoms with Gasteiger partial charge < -0.3 is 13.7 Å². The second kappa shape index (κ2) is 11.8.